The number of rotatable bonds is 4. The predicted molar refractivity (Wildman–Crippen MR) is 53.0 cm³/mol. The summed E-state index contributed by atoms with van der Waals surface area (Å²) < 4.78 is 14.4. The van der Waals surface area contributed by atoms with E-state index in [1.165, 1.54) is 25.7 Å². The molecule has 3 heteroatoms. The van der Waals surface area contributed by atoms with Gasteiger partial charge in [0.05, 0.1) is 19.3 Å². The summed E-state index contributed by atoms with van der Waals surface area (Å²) in [6.45, 7) is 1.38. The van der Waals surface area contributed by atoms with Gasteiger partial charge in [-0.2, -0.15) is 0 Å². The van der Waals surface area contributed by atoms with Gasteiger partial charge >= 0.3 is 0 Å². The molecular formula is C10H22O3. The molecule has 0 aromatic carbocycles. The normalized spacial score (nSPS) is 16.8. The molecule has 1 saturated carbocycles. The lowest BCUT2D eigenvalue weighted by atomic mass is 10.3. The minimum atomic E-state index is 0.597. The Bertz CT molecular complexity index is 86.2. The first kappa shape index (κ1) is 12.9. The molecule has 0 radical (unpaired) electrons. The van der Waals surface area contributed by atoms with Crippen molar-refractivity contribution in [3.05, 3.63) is 0 Å². The second-order valence-corrected chi connectivity index (χ2v) is 3.13. The van der Waals surface area contributed by atoms with Crippen molar-refractivity contribution in [1.29, 1.82) is 0 Å². The predicted octanol–water partition coefficient (Wildman–Crippen LogP) is 1.85. The molecule has 0 aliphatic heterocycles. The Hall–Kier alpha value is -0.120. The van der Waals surface area contributed by atoms with E-state index >= 15 is 0 Å². The van der Waals surface area contributed by atoms with Crippen LogP contribution in [0.4, 0.5) is 0 Å². The molecule has 0 spiro atoms. The second-order valence-electron chi connectivity index (χ2n) is 3.13. The van der Waals surface area contributed by atoms with Gasteiger partial charge in [0.25, 0.3) is 0 Å². The first-order valence-corrected chi connectivity index (χ1v) is 4.85. The summed E-state index contributed by atoms with van der Waals surface area (Å²) in [6, 6.07) is 0. The summed E-state index contributed by atoms with van der Waals surface area (Å²) >= 11 is 0. The molecule has 3 nitrogen and oxygen atoms in total. The van der Waals surface area contributed by atoms with Crippen LogP contribution >= 0.6 is 0 Å². The fourth-order valence-corrected chi connectivity index (χ4v) is 1.29. The van der Waals surface area contributed by atoms with Crippen LogP contribution in [-0.2, 0) is 14.2 Å². The topological polar surface area (TPSA) is 27.7 Å². The van der Waals surface area contributed by atoms with Crippen LogP contribution in [0.25, 0.3) is 0 Å². The van der Waals surface area contributed by atoms with Gasteiger partial charge in [-0.15, -0.1) is 0 Å². The van der Waals surface area contributed by atoms with Crippen molar-refractivity contribution in [2.45, 2.75) is 31.8 Å². The van der Waals surface area contributed by atoms with E-state index in [4.69, 9.17) is 4.74 Å². The zero-order valence-corrected chi connectivity index (χ0v) is 9.04. The molecule has 0 aromatic heterocycles. The molecule has 0 bridgehead atoms. The summed E-state index contributed by atoms with van der Waals surface area (Å²) in [5, 5.41) is 0. The van der Waals surface area contributed by atoms with E-state index in [1.54, 1.807) is 21.3 Å². The van der Waals surface area contributed by atoms with Crippen molar-refractivity contribution >= 4 is 0 Å². The van der Waals surface area contributed by atoms with E-state index in [2.05, 4.69) is 9.47 Å². The molecule has 0 unspecified atom stereocenters. The van der Waals surface area contributed by atoms with Gasteiger partial charge in [0.15, 0.2) is 0 Å². The molecular weight excluding hydrogens is 168 g/mol. The Morgan fingerprint density at radius 3 is 1.62 bits per heavy atom. The summed E-state index contributed by atoms with van der Waals surface area (Å²) in [5.41, 5.74) is 0. The third kappa shape index (κ3) is 8.22. The number of ether oxygens (including phenoxy) is 3. The van der Waals surface area contributed by atoms with Gasteiger partial charge in [0.2, 0.25) is 0 Å². The Labute approximate surface area is 81.4 Å². The number of hydrogen-bond acceptors (Lipinski definition) is 3. The Balaban J connectivity index is 0.000000226. The van der Waals surface area contributed by atoms with Crippen LogP contribution in [0.2, 0.25) is 0 Å². The molecule has 0 N–H and O–H groups in total. The summed E-state index contributed by atoms with van der Waals surface area (Å²) in [4.78, 5) is 0. The summed E-state index contributed by atoms with van der Waals surface area (Å²) in [7, 11) is 5.11. The fraction of sp³-hybridized carbons (Fsp3) is 1.00. The van der Waals surface area contributed by atoms with Gasteiger partial charge in [-0.25, -0.2) is 0 Å². The monoisotopic (exact) mass is 190 g/mol. The molecule has 0 saturated heterocycles. The Morgan fingerprint density at radius 2 is 1.38 bits per heavy atom. The molecule has 1 rings (SSSR count). The van der Waals surface area contributed by atoms with E-state index in [0.717, 1.165) is 0 Å². The van der Waals surface area contributed by atoms with E-state index in [9.17, 15) is 0 Å². The zero-order valence-electron chi connectivity index (χ0n) is 9.04. The van der Waals surface area contributed by atoms with E-state index in [1.807, 2.05) is 0 Å². The van der Waals surface area contributed by atoms with Crippen LogP contribution in [0.5, 0.6) is 0 Å². The van der Waals surface area contributed by atoms with Gasteiger partial charge in [0.1, 0.15) is 0 Å². The molecule has 80 valence electrons. The van der Waals surface area contributed by atoms with Crippen LogP contribution in [0.15, 0.2) is 0 Å². The minimum absolute atomic E-state index is 0.597. The molecule has 0 atom stereocenters. The molecule has 0 aromatic rings. The third-order valence-corrected chi connectivity index (χ3v) is 2.13. The van der Waals surface area contributed by atoms with Crippen molar-refractivity contribution in [2.24, 2.45) is 0 Å². The average Bonchev–Trinajstić information content (AvgIpc) is 2.68. The maximum absolute atomic E-state index is 5.11. The van der Waals surface area contributed by atoms with Gasteiger partial charge in [-0.1, -0.05) is 12.8 Å². The first-order valence-electron chi connectivity index (χ1n) is 4.85. The summed E-state index contributed by atoms with van der Waals surface area (Å²) in [6.07, 6.45) is 5.92. The quantitative estimate of drug-likeness (QED) is 0.633. The molecule has 0 heterocycles. The molecule has 1 aliphatic carbocycles. The van der Waals surface area contributed by atoms with E-state index < -0.39 is 0 Å². The fourth-order valence-electron chi connectivity index (χ4n) is 1.29. The Morgan fingerprint density at radius 1 is 0.923 bits per heavy atom. The minimum Gasteiger partial charge on any atom is -0.382 e. The van der Waals surface area contributed by atoms with Crippen molar-refractivity contribution in [1.82, 2.24) is 0 Å². The highest BCUT2D eigenvalue weighted by Crippen LogP contribution is 2.19. The van der Waals surface area contributed by atoms with Crippen LogP contribution in [0.3, 0.4) is 0 Å². The smallest absolute Gasteiger partial charge is 0.0696 e. The highest BCUT2D eigenvalue weighted by Gasteiger charge is 2.12. The number of hydrogen-bond donors (Lipinski definition) is 0. The average molecular weight is 190 g/mol. The standard InChI is InChI=1S/C6H12O.C4H10O2/c1-7-6-4-2-3-5-6;1-5-3-4-6-2/h6H,2-5H2,1H3;3-4H2,1-2H3. The SMILES string of the molecule is COC1CCCC1.COCCOC. The number of methoxy groups -OCH3 is 3. The van der Waals surface area contributed by atoms with Gasteiger partial charge in [-0.3, -0.25) is 0 Å². The van der Waals surface area contributed by atoms with Crippen LogP contribution in [0.1, 0.15) is 25.7 Å². The van der Waals surface area contributed by atoms with Crippen molar-refractivity contribution in [2.75, 3.05) is 34.5 Å². The van der Waals surface area contributed by atoms with Crippen LogP contribution in [-0.4, -0.2) is 40.6 Å². The lowest BCUT2D eigenvalue weighted by molar-refractivity contribution is 0.103. The zero-order chi connectivity index (χ0) is 9.94. The van der Waals surface area contributed by atoms with Crippen molar-refractivity contribution in [3.8, 4) is 0 Å². The maximum atomic E-state index is 5.11. The van der Waals surface area contributed by atoms with Crippen molar-refractivity contribution in [3.63, 3.8) is 0 Å². The molecule has 13 heavy (non-hydrogen) atoms. The second kappa shape index (κ2) is 9.96. The van der Waals surface area contributed by atoms with Gasteiger partial charge in [0, 0.05) is 21.3 Å². The largest absolute Gasteiger partial charge is 0.382 e. The molecule has 1 fully saturated rings. The first-order chi connectivity index (χ1) is 6.35. The van der Waals surface area contributed by atoms with Crippen LogP contribution < -0.4 is 0 Å². The van der Waals surface area contributed by atoms with Gasteiger partial charge in [-0.05, 0) is 12.8 Å². The van der Waals surface area contributed by atoms with E-state index in [-0.39, 0.29) is 0 Å². The maximum Gasteiger partial charge on any atom is 0.0696 e. The van der Waals surface area contributed by atoms with Crippen LogP contribution in [0, 0.1) is 0 Å². The summed E-state index contributed by atoms with van der Waals surface area (Å²) in [5.74, 6) is 0. The van der Waals surface area contributed by atoms with E-state index in [0.29, 0.717) is 19.3 Å². The molecule has 1 aliphatic rings. The lowest BCUT2D eigenvalue weighted by Gasteiger charge is -2.02. The Kier molecular flexibility index (Phi) is 9.87. The third-order valence-electron chi connectivity index (χ3n) is 2.13. The molecule has 0 amide bonds. The lowest BCUT2D eigenvalue weighted by Crippen LogP contribution is -2.01. The van der Waals surface area contributed by atoms with Crippen molar-refractivity contribution < 1.29 is 14.2 Å². The van der Waals surface area contributed by atoms with Gasteiger partial charge < -0.3 is 14.2 Å². The highest BCUT2D eigenvalue weighted by molar-refractivity contribution is 4.65. The highest BCUT2D eigenvalue weighted by atomic mass is 16.5.